The van der Waals surface area contributed by atoms with Gasteiger partial charge < -0.3 is 4.98 Å². The van der Waals surface area contributed by atoms with Crippen molar-refractivity contribution in [3.8, 4) is 0 Å². The van der Waals surface area contributed by atoms with Crippen molar-refractivity contribution in [3.63, 3.8) is 0 Å². The highest BCUT2D eigenvalue weighted by molar-refractivity contribution is 7.92. The van der Waals surface area contributed by atoms with Gasteiger partial charge in [-0.2, -0.15) is 0 Å². The van der Waals surface area contributed by atoms with Gasteiger partial charge in [-0.15, -0.1) is 0 Å². The summed E-state index contributed by atoms with van der Waals surface area (Å²) in [5.74, 6) is -0.429. The van der Waals surface area contributed by atoms with Crippen LogP contribution in [-0.2, 0) is 10.0 Å². The maximum absolute atomic E-state index is 13.3. The van der Waals surface area contributed by atoms with E-state index in [4.69, 9.17) is 0 Å². The number of fused-ring (bicyclic) bond motifs is 1. The average Bonchev–Trinajstić information content (AvgIpc) is 2.91. The lowest BCUT2D eigenvalue weighted by Crippen LogP contribution is -2.13. The van der Waals surface area contributed by atoms with Crippen molar-refractivity contribution >= 4 is 26.6 Å². The molecule has 0 fully saturated rings. The maximum Gasteiger partial charge on any atom is 0.261 e. The van der Waals surface area contributed by atoms with Crippen molar-refractivity contribution in [2.75, 3.05) is 4.72 Å². The zero-order valence-electron chi connectivity index (χ0n) is 11.2. The third kappa shape index (κ3) is 2.50. The summed E-state index contributed by atoms with van der Waals surface area (Å²) >= 11 is 0. The molecule has 0 saturated heterocycles. The van der Waals surface area contributed by atoms with E-state index in [1.807, 2.05) is 6.07 Å². The minimum atomic E-state index is -3.75. The smallest absolute Gasteiger partial charge is 0.261 e. The van der Waals surface area contributed by atoms with Gasteiger partial charge in [0.1, 0.15) is 5.82 Å². The van der Waals surface area contributed by atoms with Crippen LogP contribution in [0, 0.1) is 12.7 Å². The fraction of sp³-hybridized carbons (Fsp3) is 0.0667. The van der Waals surface area contributed by atoms with E-state index in [0.717, 1.165) is 17.0 Å². The minimum Gasteiger partial charge on any atom is -0.361 e. The Kier molecular flexibility index (Phi) is 3.17. The molecule has 0 amide bonds. The number of H-pyrrole nitrogens is 1. The summed E-state index contributed by atoms with van der Waals surface area (Å²) in [6, 6.07) is 10.8. The quantitative estimate of drug-likeness (QED) is 0.779. The number of rotatable bonds is 3. The Morgan fingerprint density at radius 2 is 1.95 bits per heavy atom. The van der Waals surface area contributed by atoms with Gasteiger partial charge in [-0.3, -0.25) is 4.72 Å². The van der Waals surface area contributed by atoms with E-state index in [-0.39, 0.29) is 10.5 Å². The predicted octanol–water partition coefficient (Wildman–Crippen LogP) is 3.42. The number of anilines is 1. The standard InChI is InChI=1S/C15H13FN2O2S/c1-10-9-11(5-6-13(10)16)21(19,20)18-15-4-2-3-14-12(15)7-8-17-14/h2-9,17-18H,1H3. The molecule has 0 aliphatic carbocycles. The van der Waals surface area contributed by atoms with Gasteiger partial charge in [-0.1, -0.05) is 6.07 Å². The van der Waals surface area contributed by atoms with Gasteiger partial charge in [0.15, 0.2) is 0 Å². The van der Waals surface area contributed by atoms with Crippen LogP contribution in [0.1, 0.15) is 5.56 Å². The molecule has 0 bridgehead atoms. The van der Waals surface area contributed by atoms with Crippen molar-refractivity contribution in [1.29, 1.82) is 0 Å². The first-order valence-corrected chi connectivity index (χ1v) is 7.81. The van der Waals surface area contributed by atoms with E-state index < -0.39 is 15.8 Å². The second-order valence-electron chi connectivity index (χ2n) is 4.76. The number of benzene rings is 2. The van der Waals surface area contributed by atoms with Crippen molar-refractivity contribution in [3.05, 3.63) is 60.0 Å². The monoisotopic (exact) mass is 304 g/mol. The lowest BCUT2D eigenvalue weighted by Gasteiger charge is -2.10. The van der Waals surface area contributed by atoms with Crippen LogP contribution in [0.2, 0.25) is 0 Å². The molecule has 2 N–H and O–H groups in total. The number of aryl methyl sites for hydroxylation is 1. The molecule has 0 spiro atoms. The molecule has 0 aliphatic rings. The number of aromatic amines is 1. The number of aromatic nitrogens is 1. The molecule has 1 aromatic heterocycles. The largest absolute Gasteiger partial charge is 0.361 e. The normalized spacial score (nSPS) is 11.7. The van der Waals surface area contributed by atoms with Gasteiger partial charge in [0, 0.05) is 17.1 Å². The van der Waals surface area contributed by atoms with Crippen molar-refractivity contribution in [1.82, 2.24) is 4.98 Å². The van der Waals surface area contributed by atoms with Crippen LogP contribution in [0.4, 0.5) is 10.1 Å². The molecule has 21 heavy (non-hydrogen) atoms. The molecule has 108 valence electrons. The minimum absolute atomic E-state index is 0.0361. The molecular weight excluding hydrogens is 291 g/mol. The zero-order chi connectivity index (χ0) is 15.0. The van der Waals surface area contributed by atoms with E-state index in [2.05, 4.69) is 9.71 Å². The second kappa shape index (κ2) is 4.89. The summed E-state index contributed by atoms with van der Waals surface area (Å²) in [4.78, 5) is 3.05. The zero-order valence-corrected chi connectivity index (χ0v) is 12.0. The first kappa shape index (κ1) is 13.6. The van der Waals surface area contributed by atoms with Gasteiger partial charge in [0.25, 0.3) is 10.0 Å². The Hall–Kier alpha value is -2.34. The van der Waals surface area contributed by atoms with E-state index in [9.17, 15) is 12.8 Å². The Morgan fingerprint density at radius 1 is 1.14 bits per heavy atom. The van der Waals surface area contributed by atoms with Crippen molar-refractivity contribution in [2.45, 2.75) is 11.8 Å². The lowest BCUT2D eigenvalue weighted by molar-refractivity contribution is 0.598. The summed E-state index contributed by atoms with van der Waals surface area (Å²) in [5, 5.41) is 0.778. The maximum atomic E-state index is 13.3. The van der Waals surface area contributed by atoms with Gasteiger partial charge in [0.2, 0.25) is 0 Å². The first-order chi connectivity index (χ1) is 9.97. The Bertz CT molecular complexity index is 916. The number of hydrogen-bond acceptors (Lipinski definition) is 2. The number of sulfonamides is 1. The summed E-state index contributed by atoms with van der Waals surface area (Å²) in [6.45, 7) is 1.53. The predicted molar refractivity (Wildman–Crippen MR) is 80.2 cm³/mol. The van der Waals surface area contributed by atoms with Crippen LogP contribution in [0.3, 0.4) is 0 Å². The third-order valence-electron chi connectivity index (χ3n) is 3.28. The summed E-state index contributed by atoms with van der Waals surface area (Å²) in [6.07, 6.45) is 1.74. The van der Waals surface area contributed by atoms with Crippen LogP contribution in [0.5, 0.6) is 0 Å². The molecule has 0 aliphatic heterocycles. The first-order valence-electron chi connectivity index (χ1n) is 6.32. The van der Waals surface area contributed by atoms with Gasteiger partial charge in [-0.25, -0.2) is 12.8 Å². The van der Waals surface area contributed by atoms with Gasteiger partial charge in [-0.05, 0) is 48.9 Å². The number of halogens is 1. The van der Waals surface area contributed by atoms with E-state index >= 15 is 0 Å². The summed E-state index contributed by atoms with van der Waals surface area (Å²) in [5.41, 5.74) is 1.61. The molecule has 4 nitrogen and oxygen atoms in total. The molecule has 0 saturated carbocycles. The molecular formula is C15H13FN2O2S. The van der Waals surface area contributed by atoms with Crippen molar-refractivity contribution in [2.24, 2.45) is 0 Å². The molecule has 3 aromatic rings. The van der Waals surface area contributed by atoms with Gasteiger partial charge in [0.05, 0.1) is 10.6 Å². The average molecular weight is 304 g/mol. The number of nitrogens with one attached hydrogen (secondary N) is 2. The number of hydrogen-bond donors (Lipinski definition) is 2. The molecule has 6 heteroatoms. The Balaban J connectivity index is 2.03. The second-order valence-corrected chi connectivity index (χ2v) is 6.44. The molecule has 0 atom stereocenters. The SMILES string of the molecule is Cc1cc(S(=O)(=O)Nc2cccc3[nH]ccc23)ccc1F. The fourth-order valence-corrected chi connectivity index (χ4v) is 3.33. The van der Waals surface area contributed by atoms with Crippen LogP contribution < -0.4 is 4.72 Å². The molecule has 0 radical (unpaired) electrons. The molecule has 1 heterocycles. The highest BCUT2D eigenvalue weighted by Gasteiger charge is 2.16. The van der Waals surface area contributed by atoms with E-state index in [1.54, 1.807) is 24.4 Å². The van der Waals surface area contributed by atoms with Crippen LogP contribution >= 0.6 is 0 Å². The van der Waals surface area contributed by atoms with E-state index in [1.165, 1.54) is 19.1 Å². The highest BCUT2D eigenvalue weighted by Crippen LogP contribution is 2.25. The van der Waals surface area contributed by atoms with E-state index in [0.29, 0.717) is 5.69 Å². The van der Waals surface area contributed by atoms with Crippen LogP contribution in [0.15, 0.2) is 53.6 Å². The summed E-state index contributed by atoms with van der Waals surface area (Å²) in [7, 11) is -3.75. The van der Waals surface area contributed by atoms with Crippen LogP contribution in [-0.4, -0.2) is 13.4 Å². The summed E-state index contributed by atoms with van der Waals surface area (Å²) < 4.78 is 40.6. The van der Waals surface area contributed by atoms with Gasteiger partial charge >= 0.3 is 0 Å². The molecule has 3 rings (SSSR count). The lowest BCUT2D eigenvalue weighted by atomic mass is 10.2. The van der Waals surface area contributed by atoms with Crippen LogP contribution in [0.25, 0.3) is 10.9 Å². The van der Waals surface area contributed by atoms with Crippen molar-refractivity contribution < 1.29 is 12.8 Å². The molecule has 2 aromatic carbocycles. The fourth-order valence-electron chi connectivity index (χ4n) is 2.16. The third-order valence-corrected chi connectivity index (χ3v) is 4.64. The Labute approximate surface area is 121 Å². The molecule has 0 unspecified atom stereocenters. The topological polar surface area (TPSA) is 62.0 Å². The highest BCUT2D eigenvalue weighted by atomic mass is 32.2. The Morgan fingerprint density at radius 3 is 2.71 bits per heavy atom.